The molecule has 0 aliphatic carbocycles. The Labute approximate surface area is 148 Å². The number of rotatable bonds is 5. The highest BCUT2D eigenvalue weighted by Gasteiger charge is 2.10. The number of tetrazole rings is 1. The highest BCUT2D eigenvalue weighted by molar-refractivity contribution is 6.01. The maximum absolute atomic E-state index is 13.3. The van der Waals surface area contributed by atoms with Crippen molar-refractivity contribution in [2.75, 3.05) is 0 Å². The van der Waals surface area contributed by atoms with Gasteiger partial charge in [0.25, 0.3) is 5.91 Å². The SMILES string of the molecule is CC(=NNC(=O)Cn1nnc(-c2ccccc2)n1)c1cc(F)ccc1O. The fourth-order valence-corrected chi connectivity index (χ4v) is 2.18. The summed E-state index contributed by atoms with van der Waals surface area (Å²) in [4.78, 5) is 13.1. The number of amides is 1. The summed E-state index contributed by atoms with van der Waals surface area (Å²) in [6.07, 6.45) is 0. The standard InChI is InChI=1S/C17H15FN6O2/c1-11(14-9-13(18)7-8-15(14)25)19-20-16(26)10-24-22-17(21-23-24)12-5-3-2-4-6-12/h2-9,25H,10H2,1H3,(H,20,26). The Morgan fingerprint density at radius 1 is 1.27 bits per heavy atom. The summed E-state index contributed by atoms with van der Waals surface area (Å²) in [7, 11) is 0. The number of benzene rings is 2. The number of carbonyl (C=O) groups is 1. The zero-order valence-electron chi connectivity index (χ0n) is 13.8. The highest BCUT2D eigenvalue weighted by atomic mass is 19.1. The van der Waals surface area contributed by atoms with Crippen LogP contribution in [0.5, 0.6) is 5.75 Å². The van der Waals surface area contributed by atoms with E-state index < -0.39 is 11.7 Å². The van der Waals surface area contributed by atoms with Crippen molar-refractivity contribution in [1.29, 1.82) is 0 Å². The third kappa shape index (κ3) is 4.07. The molecule has 0 spiro atoms. The van der Waals surface area contributed by atoms with E-state index >= 15 is 0 Å². The Morgan fingerprint density at radius 3 is 2.81 bits per heavy atom. The normalized spacial score (nSPS) is 11.4. The second-order valence-electron chi connectivity index (χ2n) is 5.40. The topological polar surface area (TPSA) is 105 Å². The zero-order chi connectivity index (χ0) is 18.5. The minimum absolute atomic E-state index is 0.132. The molecule has 0 fully saturated rings. The van der Waals surface area contributed by atoms with Crippen molar-refractivity contribution in [3.8, 4) is 17.1 Å². The van der Waals surface area contributed by atoms with Crippen molar-refractivity contribution in [3.05, 3.63) is 59.9 Å². The summed E-state index contributed by atoms with van der Waals surface area (Å²) in [5, 5.41) is 25.4. The summed E-state index contributed by atoms with van der Waals surface area (Å²) in [6, 6.07) is 12.7. The van der Waals surface area contributed by atoms with Gasteiger partial charge in [0.1, 0.15) is 18.1 Å². The number of hydrogen-bond donors (Lipinski definition) is 2. The van der Waals surface area contributed by atoms with Gasteiger partial charge >= 0.3 is 0 Å². The highest BCUT2D eigenvalue weighted by Crippen LogP contribution is 2.18. The van der Waals surface area contributed by atoms with E-state index in [2.05, 4.69) is 25.9 Å². The number of nitrogens with one attached hydrogen (secondary N) is 1. The zero-order valence-corrected chi connectivity index (χ0v) is 13.8. The van der Waals surface area contributed by atoms with E-state index in [1.165, 1.54) is 13.0 Å². The first-order valence-electron chi connectivity index (χ1n) is 7.68. The van der Waals surface area contributed by atoms with E-state index in [-0.39, 0.29) is 23.6 Å². The summed E-state index contributed by atoms with van der Waals surface area (Å²) in [5.41, 5.74) is 3.55. The fraction of sp³-hybridized carbons (Fsp3) is 0.118. The van der Waals surface area contributed by atoms with Gasteiger partial charge in [-0.1, -0.05) is 30.3 Å². The third-order valence-electron chi connectivity index (χ3n) is 3.47. The number of hydrazone groups is 1. The molecule has 26 heavy (non-hydrogen) atoms. The maximum Gasteiger partial charge on any atom is 0.263 e. The number of nitrogens with zero attached hydrogens (tertiary/aromatic N) is 5. The van der Waals surface area contributed by atoms with E-state index in [1.54, 1.807) is 0 Å². The van der Waals surface area contributed by atoms with Crippen molar-refractivity contribution in [2.45, 2.75) is 13.5 Å². The van der Waals surface area contributed by atoms with Gasteiger partial charge in [0.05, 0.1) is 5.71 Å². The van der Waals surface area contributed by atoms with E-state index in [9.17, 15) is 14.3 Å². The minimum Gasteiger partial charge on any atom is -0.507 e. The Hall–Kier alpha value is -3.62. The quantitative estimate of drug-likeness (QED) is 0.536. The molecule has 2 aromatic carbocycles. The van der Waals surface area contributed by atoms with Crippen LogP contribution in [0.25, 0.3) is 11.4 Å². The Kier molecular flexibility index (Phi) is 4.97. The van der Waals surface area contributed by atoms with Gasteiger partial charge in [-0.2, -0.15) is 9.90 Å². The van der Waals surface area contributed by atoms with Gasteiger partial charge in [-0.15, -0.1) is 10.2 Å². The smallest absolute Gasteiger partial charge is 0.263 e. The van der Waals surface area contributed by atoms with Crippen LogP contribution in [0.4, 0.5) is 4.39 Å². The lowest BCUT2D eigenvalue weighted by molar-refractivity contribution is -0.122. The molecule has 0 aliphatic rings. The number of phenols is 1. The van der Waals surface area contributed by atoms with Gasteiger partial charge in [0.15, 0.2) is 0 Å². The van der Waals surface area contributed by atoms with Crippen molar-refractivity contribution < 1.29 is 14.3 Å². The van der Waals surface area contributed by atoms with E-state index in [1.807, 2.05) is 30.3 Å². The molecule has 2 N–H and O–H groups in total. The molecule has 3 aromatic rings. The lowest BCUT2D eigenvalue weighted by Crippen LogP contribution is -2.25. The predicted molar refractivity (Wildman–Crippen MR) is 91.7 cm³/mol. The van der Waals surface area contributed by atoms with Gasteiger partial charge < -0.3 is 5.11 Å². The minimum atomic E-state index is -0.515. The van der Waals surface area contributed by atoms with Gasteiger partial charge in [0.2, 0.25) is 5.82 Å². The molecule has 9 heteroatoms. The van der Waals surface area contributed by atoms with Crippen LogP contribution in [0.15, 0.2) is 53.6 Å². The molecule has 0 radical (unpaired) electrons. The first-order valence-corrected chi connectivity index (χ1v) is 7.68. The maximum atomic E-state index is 13.3. The number of aromatic nitrogens is 4. The monoisotopic (exact) mass is 354 g/mol. The number of aromatic hydroxyl groups is 1. The number of carbonyl (C=O) groups excluding carboxylic acids is 1. The van der Waals surface area contributed by atoms with Crippen LogP contribution in [0, 0.1) is 5.82 Å². The van der Waals surface area contributed by atoms with E-state index in [4.69, 9.17) is 0 Å². The van der Waals surface area contributed by atoms with Crippen LogP contribution in [0.1, 0.15) is 12.5 Å². The van der Waals surface area contributed by atoms with Crippen molar-refractivity contribution in [2.24, 2.45) is 5.10 Å². The number of hydrogen-bond acceptors (Lipinski definition) is 6. The molecule has 132 valence electrons. The number of halogens is 1. The Bertz CT molecular complexity index is 955. The van der Waals surface area contributed by atoms with Gasteiger partial charge in [-0.25, -0.2) is 9.82 Å². The Morgan fingerprint density at radius 2 is 2.04 bits per heavy atom. The van der Waals surface area contributed by atoms with Crippen LogP contribution in [0.2, 0.25) is 0 Å². The van der Waals surface area contributed by atoms with Crippen LogP contribution < -0.4 is 5.43 Å². The molecule has 0 aliphatic heterocycles. The summed E-state index contributed by atoms with van der Waals surface area (Å²) >= 11 is 0. The molecule has 0 bridgehead atoms. The first kappa shape index (κ1) is 17.2. The predicted octanol–water partition coefficient (Wildman–Crippen LogP) is 1.73. The Balaban J connectivity index is 1.64. The second-order valence-corrected chi connectivity index (χ2v) is 5.40. The molecule has 1 aromatic heterocycles. The second kappa shape index (κ2) is 7.51. The van der Waals surface area contributed by atoms with E-state index in [0.717, 1.165) is 22.5 Å². The van der Waals surface area contributed by atoms with Crippen molar-refractivity contribution in [3.63, 3.8) is 0 Å². The lowest BCUT2D eigenvalue weighted by Gasteiger charge is -2.05. The molecule has 0 saturated heterocycles. The molecular formula is C17H15FN6O2. The summed E-state index contributed by atoms with van der Waals surface area (Å²) in [6.45, 7) is 1.35. The van der Waals surface area contributed by atoms with Gasteiger partial charge in [-0.3, -0.25) is 4.79 Å². The summed E-state index contributed by atoms with van der Waals surface area (Å²) in [5.74, 6) is -0.730. The molecule has 0 atom stereocenters. The van der Waals surface area contributed by atoms with Crippen LogP contribution in [0.3, 0.4) is 0 Å². The molecule has 0 unspecified atom stereocenters. The number of phenolic OH excluding ortho intramolecular Hbond substituents is 1. The van der Waals surface area contributed by atoms with Crippen molar-refractivity contribution >= 4 is 11.6 Å². The van der Waals surface area contributed by atoms with Gasteiger partial charge in [-0.05, 0) is 30.3 Å². The molecular weight excluding hydrogens is 339 g/mol. The molecule has 1 amide bonds. The third-order valence-corrected chi connectivity index (χ3v) is 3.47. The molecule has 3 rings (SSSR count). The summed E-state index contributed by atoms with van der Waals surface area (Å²) < 4.78 is 13.3. The average molecular weight is 354 g/mol. The van der Waals surface area contributed by atoms with E-state index in [0.29, 0.717) is 5.82 Å². The largest absolute Gasteiger partial charge is 0.507 e. The average Bonchev–Trinajstić information content (AvgIpc) is 3.11. The molecule has 8 nitrogen and oxygen atoms in total. The van der Waals surface area contributed by atoms with Crippen LogP contribution >= 0.6 is 0 Å². The van der Waals surface area contributed by atoms with Crippen LogP contribution in [-0.2, 0) is 11.3 Å². The van der Waals surface area contributed by atoms with Crippen molar-refractivity contribution in [1.82, 2.24) is 25.6 Å². The molecule has 0 saturated carbocycles. The molecule has 1 heterocycles. The first-order chi connectivity index (χ1) is 12.5. The van der Waals surface area contributed by atoms with Gasteiger partial charge in [0, 0.05) is 11.1 Å². The van der Waals surface area contributed by atoms with Crippen LogP contribution in [-0.4, -0.2) is 36.9 Å². The fourth-order valence-electron chi connectivity index (χ4n) is 2.18. The lowest BCUT2D eigenvalue weighted by atomic mass is 10.1.